The first-order valence-corrected chi connectivity index (χ1v) is 3.61. The van der Waals surface area contributed by atoms with Crippen molar-refractivity contribution in [3.63, 3.8) is 0 Å². The molecule has 2 atom stereocenters. The number of carbonyl (C=O) groups excluding carboxylic acids is 1. The highest BCUT2D eigenvalue weighted by Crippen LogP contribution is 2.18. The van der Waals surface area contributed by atoms with Crippen LogP contribution in [0.15, 0.2) is 0 Å². The molecular weight excluding hydrogens is 130 g/mol. The molecule has 3 heteroatoms. The van der Waals surface area contributed by atoms with Gasteiger partial charge in [-0.2, -0.15) is 0 Å². The maximum Gasteiger partial charge on any atom is 0.220 e. The summed E-state index contributed by atoms with van der Waals surface area (Å²) in [7, 11) is 0. The molecule has 0 aromatic heterocycles. The smallest absolute Gasteiger partial charge is 0.220 e. The maximum absolute atomic E-state index is 10.7. The molecule has 0 radical (unpaired) electrons. The Labute approximate surface area is 60.4 Å². The quantitative estimate of drug-likeness (QED) is 0.560. The Morgan fingerprint density at radius 1 is 1.90 bits per heavy atom. The van der Waals surface area contributed by atoms with E-state index >= 15 is 0 Å². The third kappa shape index (κ3) is 1.48. The summed E-state index contributed by atoms with van der Waals surface area (Å²) < 4.78 is 0. The molecule has 1 aliphatic heterocycles. The Bertz CT molecular complexity index is 136. The van der Waals surface area contributed by atoms with Gasteiger partial charge in [-0.1, -0.05) is 6.92 Å². The van der Waals surface area contributed by atoms with Gasteiger partial charge in [0.15, 0.2) is 0 Å². The average molecular weight is 143 g/mol. The molecule has 0 aromatic rings. The summed E-state index contributed by atoms with van der Waals surface area (Å²) in [4.78, 5) is 10.7. The highest BCUT2D eigenvalue weighted by molar-refractivity contribution is 5.78. The van der Waals surface area contributed by atoms with E-state index < -0.39 is 0 Å². The van der Waals surface area contributed by atoms with Crippen LogP contribution >= 0.6 is 0 Å². The van der Waals surface area contributed by atoms with E-state index in [0.29, 0.717) is 12.3 Å². The highest BCUT2D eigenvalue weighted by Gasteiger charge is 2.25. The predicted molar refractivity (Wildman–Crippen MR) is 37.4 cm³/mol. The van der Waals surface area contributed by atoms with Crippen LogP contribution in [-0.4, -0.2) is 24.2 Å². The number of rotatable bonds is 2. The van der Waals surface area contributed by atoms with Crippen LogP contribution in [0, 0.1) is 11.8 Å². The predicted octanol–water partition coefficient (Wildman–Crippen LogP) is -0.249. The fourth-order valence-electron chi connectivity index (χ4n) is 1.18. The average Bonchev–Trinajstić information content (AvgIpc) is 2.34. The van der Waals surface area contributed by atoms with Gasteiger partial charge in [-0.05, 0) is 11.8 Å². The lowest BCUT2D eigenvalue weighted by atomic mass is 9.94. The summed E-state index contributed by atoms with van der Waals surface area (Å²) in [5.74, 6) is 0.710. The minimum atomic E-state index is 0.116. The fraction of sp³-hybridized carbons (Fsp3) is 0.857. The summed E-state index contributed by atoms with van der Waals surface area (Å²) in [6.45, 7) is 2.88. The Kier molecular flexibility index (Phi) is 2.27. The first kappa shape index (κ1) is 7.54. The van der Waals surface area contributed by atoms with Gasteiger partial charge in [-0.15, -0.1) is 0 Å². The van der Waals surface area contributed by atoms with Crippen LogP contribution in [0.4, 0.5) is 0 Å². The molecule has 0 aromatic carbocycles. The fourth-order valence-corrected chi connectivity index (χ4v) is 1.18. The van der Waals surface area contributed by atoms with Crippen LogP contribution in [0.25, 0.3) is 0 Å². The van der Waals surface area contributed by atoms with Gasteiger partial charge in [-0.25, -0.2) is 0 Å². The van der Waals surface area contributed by atoms with E-state index in [4.69, 9.17) is 5.11 Å². The Balaban J connectivity index is 2.36. The van der Waals surface area contributed by atoms with Crippen molar-refractivity contribution < 1.29 is 9.90 Å². The van der Waals surface area contributed by atoms with Gasteiger partial charge in [-0.3, -0.25) is 4.79 Å². The molecule has 0 unspecified atom stereocenters. The summed E-state index contributed by atoms with van der Waals surface area (Å²) in [5.41, 5.74) is 0. The molecule has 1 heterocycles. The van der Waals surface area contributed by atoms with Crippen molar-refractivity contribution in [2.45, 2.75) is 13.3 Å². The van der Waals surface area contributed by atoms with Gasteiger partial charge in [0.25, 0.3) is 0 Å². The zero-order valence-corrected chi connectivity index (χ0v) is 6.13. The second-order valence-electron chi connectivity index (χ2n) is 2.93. The first-order chi connectivity index (χ1) is 4.74. The molecule has 1 saturated heterocycles. The molecule has 0 spiro atoms. The summed E-state index contributed by atoms with van der Waals surface area (Å²) >= 11 is 0. The largest absolute Gasteiger partial charge is 0.396 e. The number of hydrogen-bond donors (Lipinski definition) is 2. The molecular formula is C7H13NO2. The molecule has 0 bridgehead atoms. The number of aliphatic hydroxyl groups is 1. The Morgan fingerprint density at radius 2 is 2.60 bits per heavy atom. The summed E-state index contributed by atoms with van der Waals surface area (Å²) in [5, 5.41) is 11.5. The number of hydrogen-bond acceptors (Lipinski definition) is 2. The molecule has 1 aliphatic rings. The van der Waals surface area contributed by atoms with E-state index in [1.165, 1.54) is 0 Å². The van der Waals surface area contributed by atoms with Crippen LogP contribution in [0.3, 0.4) is 0 Å². The van der Waals surface area contributed by atoms with Crippen LogP contribution in [0.5, 0.6) is 0 Å². The van der Waals surface area contributed by atoms with Gasteiger partial charge in [0, 0.05) is 19.6 Å². The minimum absolute atomic E-state index is 0.116. The number of nitrogens with one attached hydrogen (secondary N) is 1. The van der Waals surface area contributed by atoms with Gasteiger partial charge in [0.1, 0.15) is 0 Å². The van der Waals surface area contributed by atoms with Crippen molar-refractivity contribution in [2.75, 3.05) is 13.2 Å². The van der Waals surface area contributed by atoms with Crippen LogP contribution < -0.4 is 5.32 Å². The number of carbonyl (C=O) groups is 1. The third-order valence-corrected chi connectivity index (χ3v) is 2.10. The summed E-state index contributed by atoms with van der Waals surface area (Å²) in [6, 6.07) is 0. The second kappa shape index (κ2) is 3.01. The number of aliphatic hydroxyl groups excluding tert-OH is 1. The maximum atomic E-state index is 10.7. The second-order valence-corrected chi connectivity index (χ2v) is 2.93. The topological polar surface area (TPSA) is 49.3 Å². The van der Waals surface area contributed by atoms with Crippen LogP contribution in [0.1, 0.15) is 13.3 Å². The third-order valence-electron chi connectivity index (χ3n) is 2.10. The lowest BCUT2D eigenvalue weighted by Gasteiger charge is -2.12. The van der Waals surface area contributed by atoms with E-state index in [2.05, 4.69) is 5.32 Å². The lowest BCUT2D eigenvalue weighted by molar-refractivity contribution is -0.119. The highest BCUT2D eigenvalue weighted by atomic mass is 16.3. The van der Waals surface area contributed by atoms with Crippen molar-refractivity contribution in [1.29, 1.82) is 0 Å². The Hall–Kier alpha value is -0.570. The van der Waals surface area contributed by atoms with Crippen LogP contribution in [0.2, 0.25) is 0 Å². The van der Waals surface area contributed by atoms with E-state index in [0.717, 1.165) is 6.54 Å². The normalized spacial score (nSPS) is 28.2. The zero-order valence-electron chi connectivity index (χ0n) is 6.13. The SMILES string of the molecule is C[C@@H](CO)[C@@H]1CNC(=O)C1. The standard InChI is InChI=1S/C7H13NO2/c1-5(4-9)6-2-7(10)8-3-6/h5-6,9H,2-4H2,1H3,(H,8,10)/t5-,6-/m0/s1. The van der Waals surface area contributed by atoms with Gasteiger partial charge in [0.2, 0.25) is 5.91 Å². The van der Waals surface area contributed by atoms with E-state index in [-0.39, 0.29) is 18.4 Å². The molecule has 1 rings (SSSR count). The lowest BCUT2D eigenvalue weighted by Crippen LogP contribution is -2.18. The van der Waals surface area contributed by atoms with Crippen molar-refractivity contribution in [3.05, 3.63) is 0 Å². The van der Waals surface area contributed by atoms with Crippen molar-refractivity contribution in [3.8, 4) is 0 Å². The molecule has 1 amide bonds. The van der Waals surface area contributed by atoms with Crippen molar-refractivity contribution in [1.82, 2.24) is 5.32 Å². The van der Waals surface area contributed by atoms with Crippen molar-refractivity contribution in [2.24, 2.45) is 11.8 Å². The zero-order chi connectivity index (χ0) is 7.56. The molecule has 0 aliphatic carbocycles. The monoisotopic (exact) mass is 143 g/mol. The molecule has 1 fully saturated rings. The van der Waals surface area contributed by atoms with Crippen molar-refractivity contribution >= 4 is 5.91 Å². The first-order valence-electron chi connectivity index (χ1n) is 3.61. The summed E-state index contributed by atoms with van der Waals surface area (Å²) in [6.07, 6.45) is 0.585. The molecule has 3 nitrogen and oxygen atoms in total. The van der Waals surface area contributed by atoms with Gasteiger partial charge in [0.05, 0.1) is 0 Å². The Morgan fingerprint density at radius 3 is 3.00 bits per heavy atom. The van der Waals surface area contributed by atoms with Gasteiger partial charge >= 0.3 is 0 Å². The number of amides is 1. The minimum Gasteiger partial charge on any atom is -0.396 e. The molecule has 0 saturated carbocycles. The van der Waals surface area contributed by atoms with E-state index in [1.807, 2.05) is 6.92 Å². The van der Waals surface area contributed by atoms with E-state index in [1.54, 1.807) is 0 Å². The molecule has 58 valence electrons. The molecule has 2 N–H and O–H groups in total. The van der Waals surface area contributed by atoms with E-state index in [9.17, 15) is 4.79 Å². The van der Waals surface area contributed by atoms with Crippen LogP contribution in [-0.2, 0) is 4.79 Å². The van der Waals surface area contributed by atoms with Gasteiger partial charge < -0.3 is 10.4 Å². The molecule has 10 heavy (non-hydrogen) atoms.